The molecule has 0 radical (unpaired) electrons. The van der Waals surface area contributed by atoms with Crippen LogP contribution in [0.25, 0.3) is 0 Å². The number of hydroxylamine groups is 2. The number of rotatable bonds is 11. The minimum Gasteiger partial charge on any atom is -0.355 e. The first kappa shape index (κ1) is 25.8. The largest absolute Gasteiger partial charge is 0.355 e. The van der Waals surface area contributed by atoms with Crippen LogP contribution in [-0.2, 0) is 28.8 Å². The number of hydrogen-bond acceptors (Lipinski definition) is 7. The summed E-state index contributed by atoms with van der Waals surface area (Å²) in [5, 5.41) is 5.96. The van der Waals surface area contributed by atoms with Crippen molar-refractivity contribution in [2.45, 2.75) is 84.7 Å². The number of likely N-dealkylation sites (tertiary alicyclic amines) is 1. The molecule has 180 valence electrons. The van der Waals surface area contributed by atoms with E-state index in [9.17, 15) is 24.0 Å². The van der Waals surface area contributed by atoms with E-state index in [-0.39, 0.29) is 56.6 Å². The predicted octanol–water partition coefficient (Wildman–Crippen LogP) is 0.895. The molecule has 0 saturated carbocycles. The van der Waals surface area contributed by atoms with Crippen LogP contribution in [0.5, 0.6) is 0 Å². The Bertz CT molecular complexity index is 724. The van der Waals surface area contributed by atoms with Crippen LogP contribution in [-0.4, -0.2) is 71.3 Å². The monoisotopic (exact) mass is 452 g/mol. The first-order valence-electron chi connectivity index (χ1n) is 11.5. The van der Waals surface area contributed by atoms with Crippen molar-refractivity contribution in [3.8, 4) is 0 Å². The standard InChI is InChI=1S/C22H36N4O6/c1-5-22(4,16-7-6-14-25(16)15(2)3)21(31)24-12-10-17(27)23-13-11-20(30)32-26-18(28)8-9-19(26)29/h15-16H,5-14H2,1-4H3,(H,23,27)(H,24,31)/t16?,22-/m0/s1. The molecule has 2 saturated heterocycles. The SMILES string of the molecule is CC[C@](C)(C(=O)NCCC(=O)NCCC(=O)ON1C(=O)CCC1=O)C1CCCN1C(C)C. The number of amides is 4. The Kier molecular flexibility index (Phi) is 9.18. The lowest BCUT2D eigenvalue weighted by Gasteiger charge is -2.40. The number of hydrogen-bond donors (Lipinski definition) is 2. The van der Waals surface area contributed by atoms with Gasteiger partial charge in [-0.05, 0) is 46.6 Å². The Balaban J connectivity index is 1.70. The van der Waals surface area contributed by atoms with Crippen molar-refractivity contribution in [3.63, 3.8) is 0 Å². The minimum absolute atomic E-state index is 0.0138. The maximum absolute atomic E-state index is 13.0. The molecule has 2 N–H and O–H groups in total. The van der Waals surface area contributed by atoms with E-state index in [4.69, 9.17) is 4.84 Å². The molecule has 2 aliphatic heterocycles. The average Bonchev–Trinajstić information content (AvgIpc) is 3.36. The van der Waals surface area contributed by atoms with Gasteiger partial charge in [0.1, 0.15) is 0 Å². The average molecular weight is 453 g/mol. The highest BCUT2D eigenvalue weighted by atomic mass is 16.7. The summed E-state index contributed by atoms with van der Waals surface area (Å²) in [5.41, 5.74) is -0.522. The van der Waals surface area contributed by atoms with Gasteiger partial charge in [0.05, 0.1) is 11.8 Å². The molecular weight excluding hydrogens is 416 g/mol. The van der Waals surface area contributed by atoms with Crippen molar-refractivity contribution in [2.75, 3.05) is 19.6 Å². The van der Waals surface area contributed by atoms with Gasteiger partial charge < -0.3 is 15.5 Å². The van der Waals surface area contributed by atoms with E-state index in [0.29, 0.717) is 17.5 Å². The maximum atomic E-state index is 13.0. The Morgan fingerprint density at radius 3 is 2.31 bits per heavy atom. The van der Waals surface area contributed by atoms with Crippen LogP contribution in [0, 0.1) is 5.41 Å². The Hall–Kier alpha value is -2.49. The number of nitrogens with one attached hydrogen (secondary N) is 2. The van der Waals surface area contributed by atoms with Crippen LogP contribution in [0.1, 0.15) is 72.6 Å². The lowest BCUT2D eigenvalue weighted by atomic mass is 9.77. The minimum atomic E-state index is -0.771. The highest BCUT2D eigenvalue weighted by Crippen LogP contribution is 2.37. The number of carbonyl (C=O) groups excluding carboxylic acids is 5. The van der Waals surface area contributed by atoms with Crippen LogP contribution >= 0.6 is 0 Å². The van der Waals surface area contributed by atoms with Gasteiger partial charge in [-0.15, -0.1) is 5.06 Å². The number of carbonyl (C=O) groups is 5. The zero-order valence-electron chi connectivity index (χ0n) is 19.6. The van der Waals surface area contributed by atoms with Gasteiger partial charge in [-0.2, -0.15) is 0 Å². The summed E-state index contributed by atoms with van der Waals surface area (Å²) in [6.07, 6.45) is 2.75. The van der Waals surface area contributed by atoms with E-state index in [0.717, 1.165) is 19.4 Å². The topological polar surface area (TPSA) is 125 Å². The Morgan fingerprint density at radius 1 is 1.09 bits per heavy atom. The smallest absolute Gasteiger partial charge is 0.334 e. The summed E-state index contributed by atoms with van der Waals surface area (Å²) in [7, 11) is 0. The van der Waals surface area contributed by atoms with E-state index < -0.39 is 23.2 Å². The molecule has 0 aliphatic carbocycles. The van der Waals surface area contributed by atoms with Crippen molar-refractivity contribution in [3.05, 3.63) is 0 Å². The molecule has 32 heavy (non-hydrogen) atoms. The third-order valence-electron chi connectivity index (χ3n) is 6.43. The van der Waals surface area contributed by atoms with Crippen LogP contribution < -0.4 is 10.6 Å². The Labute approximate surface area is 189 Å². The Morgan fingerprint density at radius 2 is 1.72 bits per heavy atom. The van der Waals surface area contributed by atoms with Crippen molar-refractivity contribution >= 4 is 29.6 Å². The zero-order valence-corrected chi connectivity index (χ0v) is 19.6. The van der Waals surface area contributed by atoms with Gasteiger partial charge in [-0.3, -0.25) is 24.1 Å². The second kappa shape index (κ2) is 11.4. The fraction of sp³-hybridized carbons (Fsp3) is 0.773. The van der Waals surface area contributed by atoms with Crippen LogP contribution in [0.2, 0.25) is 0 Å². The molecule has 0 aromatic rings. The second-order valence-corrected chi connectivity index (χ2v) is 8.91. The fourth-order valence-electron chi connectivity index (χ4n) is 4.33. The van der Waals surface area contributed by atoms with E-state index >= 15 is 0 Å². The quantitative estimate of drug-likeness (QED) is 0.446. The normalized spacial score (nSPS) is 21.0. The maximum Gasteiger partial charge on any atom is 0.334 e. The lowest BCUT2D eigenvalue weighted by Crippen LogP contribution is -2.53. The molecule has 0 spiro atoms. The molecule has 2 aliphatic rings. The number of nitrogens with zero attached hydrogens (tertiary/aromatic N) is 2. The summed E-state index contributed by atoms with van der Waals surface area (Å²) in [6, 6.07) is 0.557. The van der Waals surface area contributed by atoms with Crippen molar-refractivity contribution in [2.24, 2.45) is 5.41 Å². The lowest BCUT2D eigenvalue weighted by molar-refractivity contribution is -0.197. The van der Waals surface area contributed by atoms with Gasteiger partial charge in [0.25, 0.3) is 11.8 Å². The summed E-state index contributed by atoms with van der Waals surface area (Å²) in [4.78, 5) is 66.7. The zero-order chi connectivity index (χ0) is 23.9. The van der Waals surface area contributed by atoms with E-state index in [1.807, 2.05) is 13.8 Å². The van der Waals surface area contributed by atoms with Gasteiger partial charge >= 0.3 is 5.97 Å². The summed E-state index contributed by atoms with van der Waals surface area (Å²) >= 11 is 0. The molecule has 0 bridgehead atoms. The molecule has 2 fully saturated rings. The van der Waals surface area contributed by atoms with Crippen molar-refractivity contribution < 1.29 is 28.8 Å². The molecule has 1 unspecified atom stereocenters. The first-order chi connectivity index (χ1) is 15.1. The first-order valence-corrected chi connectivity index (χ1v) is 11.5. The molecule has 10 heteroatoms. The van der Waals surface area contributed by atoms with Gasteiger partial charge in [0.2, 0.25) is 11.8 Å². The van der Waals surface area contributed by atoms with E-state index in [1.54, 1.807) is 0 Å². The van der Waals surface area contributed by atoms with Crippen molar-refractivity contribution in [1.29, 1.82) is 0 Å². The van der Waals surface area contributed by atoms with Crippen LogP contribution in [0.15, 0.2) is 0 Å². The van der Waals surface area contributed by atoms with Crippen LogP contribution in [0.3, 0.4) is 0 Å². The molecule has 4 amide bonds. The second-order valence-electron chi connectivity index (χ2n) is 8.91. The summed E-state index contributed by atoms with van der Waals surface area (Å²) < 4.78 is 0. The summed E-state index contributed by atoms with van der Waals surface area (Å²) in [6.45, 7) is 9.52. The highest BCUT2D eigenvalue weighted by molar-refractivity contribution is 6.01. The molecular formula is C22H36N4O6. The molecule has 0 aromatic carbocycles. The van der Waals surface area contributed by atoms with Crippen molar-refractivity contribution in [1.82, 2.24) is 20.6 Å². The predicted molar refractivity (Wildman–Crippen MR) is 116 cm³/mol. The van der Waals surface area contributed by atoms with Gasteiger partial charge in [0, 0.05) is 44.4 Å². The molecule has 0 aromatic heterocycles. The third kappa shape index (κ3) is 6.27. The van der Waals surface area contributed by atoms with Gasteiger partial charge in [-0.25, -0.2) is 4.79 Å². The van der Waals surface area contributed by atoms with Gasteiger partial charge in [-0.1, -0.05) is 6.92 Å². The molecule has 10 nitrogen and oxygen atoms in total. The van der Waals surface area contributed by atoms with Gasteiger partial charge in [0.15, 0.2) is 0 Å². The third-order valence-corrected chi connectivity index (χ3v) is 6.43. The highest BCUT2D eigenvalue weighted by Gasteiger charge is 2.45. The fourth-order valence-corrected chi connectivity index (χ4v) is 4.33. The number of imide groups is 1. The molecule has 2 rings (SSSR count). The van der Waals surface area contributed by atoms with E-state index in [1.165, 1.54) is 0 Å². The summed E-state index contributed by atoms with van der Waals surface area (Å²) in [5.74, 6) is -2.22. The molecule has 2 atom stereocenters. The molecule has 2 heterocycles. The van der Waals surface area contributed by atoms with E-state index in [2.05, 4.69) is 29.4 Å². The van der Waals surface area contributed by atoms with Crippen LogP contribution in [0.4, 0.5) is 0 Å².